The SMILES string of the molecule is NS(=O)(=O)c1ccc(C2=C(c3ccc(F)cc3)CCC2)cn1. The zero-order valence-corrected chi connectivity index (χ0v) is 12.6. The molecule has 0 amide bonds. The third-order valence-electron chi connectivity index (χ3n) is 3.79. The van der Waals surface area contributed by atoms with Gasteiger partial charge >= 0.3 is 0 Å². The van der Waals surface area contributed by atoms with Crippen molar-refractivity contribution in [3.63, 3.8) is 0 Å². The van der Waals surface area contributed by atoms with Gasteiger partial charge in [-0.15, -0.1) is 0 Å². The summed E-state index contributed by atoms with van der Waals surface area (Å²) in [6, 6.07) is 9.56. The highest BCUT2D eigenvalue weighted by Crippen LogP contribution is 2.39. The molecule has 1 aromatic heterocycles. The Labute approximate surface area is 128 Å². The van der Waals surface area contributed by atoms with Crippen molar-refractivity contribution < 1.29 is 12.8 Å². The monoisotopic (exact) mass is 318 g/mol. The van der Waals surface area contributed by atoms with Crippen LogP contribution in [0.3, 0.4) is 0 Å². The number of aromatic nitrogens is 1. The molecule has 6 heteroatoms. The number of hydrogen-bond donors (Lipinski definition) is 1. The molecule has 1 heterocycles. The number of halogens is 1. The Balaban J connectivity index is 2.01. The molecule has 114 valence electrons. The van der Waals surface area contributed by atoms with Crippen molar-refractivity contribution in [3.05, 3.63) is 59.5 Å². The summed E-state index contributed by atoms with van der Waals surface area (Å²) < 4.78 is 35.6. The van der Waals surface area contributed by atoms with Gasteiger partial charge in [0, 0.05) is 6.20 Å². The lowest BCUT2D eigenvalue weighted by Gasteiger charge is -2.08. The van der Waals surface area contributed by atoms with E-state index in [9.17, 15) is 12.8 Å². The van der Waals surface area contributed by atoms with E-state index in [0.717, 1.165) is 41.5 Å². The molecule has 0 aliphatic heterocycles. The van der Waals surface area contributed by atoms with Gasteiger partial charge in [-0.3, -0.25) is 0 Å². The zero-order valence-electron chi connectivity index (χ0n) is 11.8. The topological polar surface area (TPSA) is 73.1 Å². The van der Waals surface area contributed by atoms with Crippen LogP contribution in [0.15, 0.2) is 47.6 Å². The van der Waals surface area contributed by atoms with E-state index in [1.54, 1.807) is 18.2 Å². The summed E-state index contributed by atoms with van der Waals surface area (Å²) in [6.45, 7) is 0. The van der Waals surface area contributed by atoms with Crippen molar-refractivity contribution in [2.75, 3.05) is 0 Å². The minimum atomic E-state index is -3.78. The number of primary sulfonamides is 1. The lowest BCUT2D eigenvalue weighted by atomic mass is 9.98. The fourth-order valence-corrected chi connectivity index (χ4v) is 3.22. The Bertz CT molecular complexity index is 825. The summed E-state index contributed by atoms with van der Waals surface area (Å²) in [5, 5.41) is 4.91. The maximum Gasteiger partial charge on any atom is 0.255 e. The first-order valence-electron chi connectivity index (χ1n) is 6.92. The molecule has 3 rings (SSSR count). The van der Waals surface area contributed by atoms with E-state index in [-0.39, 0.29) is 10.8 Å². The number of rotatable bonds is 3. The molecule has 0 atom stereocenters. The van der Waals surface area contributed by atoms with Crippen LogP contribution in [0.5, 0.6) is 0 Å². The first-order chi connectivity index (χ1) is 10.4. The highest BCUT2D eigenvalue weighted by atomic mass is 32.2. The van der Waals surface area contributed by atoms with Crippen LogP contribution >= 0.6 is 0 Å². The maximum absolute atomic E-state index is 13.1. The van der Waals surface area contributed by atoms with Gasteiger partial charge < -0.3 is 0 Å². The number of hydrogen-bond acceptors (Lipinski definition) is 3. The first kappa shape index (κ1) is 14.9. The van der Waals surface area contributed by atoms with Gasteiger partial charge in [-0.2, -0.15) is 0 Å². The van der Waals surface area contributed by atoms with Crippen LogP contribution in [0.2, 0.25) is 0 Å². The summed E-state index contributed by atoms with van der Waals surface area (Å²) >= 11 is 0. The average Bonchev–Trinajstić information content (AvgIpc) is 2.97. The molecular formula is C16H15FN2O2S. The van der Waals surface area contributed by atoms with Crippen LogP contribution in [0, 0.1) is 5.82 Å². The Morgan fingerprint density at radius 3 is 2.09 bits per heavy atom. The second-order valence-electron chi connectivity index (χ2n) is 5.25. The normalized spacial score (nSPS) is 15.4. The lowest BCUT2D eigenvalue weighted by molar-refractivity contribution is 0.594. The number of allylic oxidation sites excluding steroid dienone is 2. The third kappa shape index (κ3) is 2.93. The molecule has 0 spiro atoms. The first-order valence-corrected chi connectivity index (χ1v) is 8.47. The van der Waals surface area contributed by atoms with Crippen molar-refractivity contribution >= 4 is 21.2 Å². The van der Waals surface area contributed by atoms with Crippen LogP contribution in [0.25, 0.3) is 11.1 Å². The van der Waals surface area contributed by atoms with Crippen LogP contribution in [0.1, 0.15) is 30.4 Å². The van der Waals surface area contributed by atoms with E-state index >= 15 is 0 Å². The quantitative estimate of drug-likeness (QED) is 0.945. The Kier molecular flexibility index (Phi) is 3.80. The second-order valence-corrected chi connectivity index (χ2v) is 6.76. The number of benzene rings is 1. The number of nitrogens with two attached hydrogens (primary N) is 1. The number of sulfonamides is 1. The molecule has 0 fully saturated rings. The minimum absolute atomic E-state index is 0.141. The third-order valence-corrected chi connectivity index (χ3v) is 4.61. The molecule has 0 saturated carbocycles. The smallest absolute Gasteiger partial charge is 0.243 e. The molecule has 0 bridgehead atoms. The molecule has 2 aromatic rings. The number of nitrogens with zero attached hydrogens (tertiary/aromatic N) is 1. The van der Waals surface area contributed by atoms with Crippen LogP contribution in [-0.2, 0) is 10.0 Å². The molecule has 0 unspecified atom stereocenters. The van der Waals surface area contributed by atoms with Crippen LogP contribution < -0.4 is 5.14 Å². The van der Waals surface area contributed by atoms with Crippen molar-refractivity contribution in [1.82, 2.24) is 4.98 Å². The van der Waals surface area contributed by atoms with Crippen LogP contribution in [0.4, 0.5) is 4.39 Å². The van der Waals surface area contributed by atoms with Crippen molar-refractivity contribution in [3.8, 4) is 0 Å². The molecule has 4 nitrogen and oxygen atoms in total. The Hall–Kier alpha value is -2.05. The molecule has 0 saturated heterocycles. The summed E-state index contributed by atoms with van der Waals surface area (Å²) in [7, 11) is -3.78. The molecule has 1 aliphatic carbocycles. The van der Waals surface area contributed by atoms with Crippen molar-refractivity contribution in [1.29, 1.82) is 0 Å². The highest BCUT2D eigenvalue weighted by Gasteiger charge is 2.18. The van der Waals surface area contributed by atoms with Crippen molar-refractivity contribution in [2.45, 2.75) is 24.3 Å². The van der Waals surface area contributed by atoms with Crippen LogP contribution in [-0.4, -0.2) is 13.4 Å². The lowest BCUT2D eigenvalue weighted by Crippen LogP contribution is -2.13. The van der Waals surface area contributed by atoms with E-state index < -0.39 is 10.0 Å². The van der Waals surface area contributed by atoms with E-state index in [0.29, 0.717) is 0 Å². The van der Waals surface area contributed by atoms with Gasteiger partial charge in [0.2, 0.25) is 0 Å². The summed E-state index contributed by atoms with van der Waals surface area (Å²) in [6.07, 6.45) is 4.35. The van der Waals surface area contributed by atoms with Gasteiger partial charge in [0.05, 0.1) is 0 Å². The van der Waals surface area contributed by atoms with Gasteiger partial charge in [-0.05, 0) is 59.7 Å². The molecule has 0 radical (unpaired) electrons. The predicted octanol–water partition coefficient (Wildman–Crippen LogP) is 2.96. The molecule has 1 aromatic carbocycles. The molecule has 1 aliphatic rings. The van der Waals surface area contributed by atoms with E-state index in [1.807, 2.05) is 0 Å². The second kappa shape index (κ2) is 5.62. The Morgan fingerprint density at radius 2 is 1.55 bits per heavy atom. The zero-order chi connectivity index (χ0) is 15.7. The molecule has 22 heavy (non-hydrogen) atoms. The average molecular weight is 318 g/mol. The molecule has 2 N–H and O–H groups in total. The van der Waals surface area contributed by atoms with E-state index in [2.05, 4.69) is 4.98 Å². The standard InChI is InChI=1S/C16H15FN2O2S/c17-13-7-4-11(5-8-13)14-2-1-3-15(14)12-6-9-16(19-10-12)22(18,20)21/h4-10H,1-3H2,(H2,18,20,21). The van der Waals surface area contributed by atoms with Gasteiger partial charge in [0.1, 0.15) is 5.82 Å². The van der Waals surface area contributed by atoms with Gasteiger partial charge in [0.15, 0.2) is 5.03 Å². The summed E-state index contributed by atoms with van der Waals surface area (Å²) in [5.41, 5.74) is 4.15. The van der Waals surface area contributed by atoms with Gasteiger partial charge in [-0.1, -0.05) is 18.2 Å². The summed E-state index contributed by atoms with van der Waals surface area (Å²) in [4.78, 5) is 3.93. The summed E-state index contributed by atoms with van der Waals surface area (Å²) in [5.74, 6) is -0.261. The van der Waals surface area contributed by atoms with Crippen molar-refractivity contribution in [2.24, 2.45) is 5.14 Å². The predicted molar refractivity (Wildman–Crippen MR) is 82.7 cm³/mol. The highest BCUT2D eigenvalue weighted by molar-refractivity contribution is 7.89. The largest absolute Gasteiger partial charge is 0.255 e. The minimum Gasteiger partial charge on any atom is -0.243 e. The van der Waals surface area contributed by atoms with E-state index in [4.69, 9.17) is 5.14 Å². The maximum atomic E-state index is 13.1. The van der Waals surface area contributed by atoms with E-state index in [1.165, 1.54) is 24.4 Å². The van der Waals surface area contributed by atoms with Gasteiger partial charge in [-0.25, -0.2) is 22.9 Å². The Morgan fingerprint density at radius 1 is 0.955 bits per heavy atom. The number of pyridine rings is 1. The fourth-order valence-electron chi connectivity index (χ4n) is 2.76. The van der Waals surface area contributed by atoms with Gasteiger partial charge in [0.25, 0.3) is 10.0 Å². The fraction of sp³-hybridized carbons (Fsp3) is 0.188. The molecular weight excluding hydrogens is 303 g/mol.